The van der Waals surface area contributed by atoms with Crippen LogP contribution in [-0.2, 0) is 11.3 Å². The number of carbonyl (C=O) groups is 1. The van der Waals surface area contributed by atoms with Crippen LogP contribution in [0.2, 0.25) is 0 Å². The first-order valence-electron chi connectivity index (χ1n) is 6.81. The van der Waals surface area contributed by atoms with Crippen LogP contribution in [0.5, 0.6) is 0 Å². The van der Waals surface area contributed by atoms with Gasteiger partial charge in [0.2, 0.25) is 0 Å². The first kappa shape index (κ1) is 15.6. The number of aliphatic imine (C=N–C) groups is 1. The van der Waals surface area contributed by atoms with Crippen molar-refractivity contribution in [1.29, 1.82) is 0 Å². The molecule has 1 aromatic carbocycles. The van der Waals surface area contributed by atoms with Gasteiger partial charge in [-0.25, -0.2) is 9.79 Å². The second kappa shape index (κ2) is 6.80. The molecule has 0 aliphatic heterocycles. The Morgan fingerprint density at radius 2 is 2.14 bits per heavy atom. The molecule has 0 aliphatic rings. The molecule has 0 bridgehead atoms. The van der Waals surface area contributed by atoms with E-state index in [9.17, 15) is 4.79 Å². The highest BCUT2D eigenvalue weighted by Crippen LogP contribution is 2.16. The van der Waals surface area contributed by atoms with Crippen LogP contribution in [0, 0.1) is 13.8 Å². The number of furan rings is 1. The summed E-state index contributed by atoms with van der Waals surface area (Å²) in [6.45, 7) is 3.94. The van der Waals surface area contributed by atoms with Crippen molar-refractivity contribution in [2.75, 3.05) is 12.4 Å². The minimum Gasteiger partial charge on any atom is -0.465 e. The number of nitrogens with one attached hydrogen (secondary N) is 1. The minimum atomic E-state index is -0.428. The predicted octanol–water partition coefficient (Wildman–Crippen LogP) is 2.61. The number of anilines is 1. The van der Waals surface area contributed by atoms with E-state index in [0.29, 0.717) is 17.1 Å². The average molecular weight is 301 g/mol. The molecule has 0 amide bonds. The lowest BCUT2D eigenvalue weighted by Crippen LogP contribution is -2.22. The zero-order valence-electron chi connectivity index (χ0n) is 12.8. The molecule has 0 unspecified atom stereocenters. The van der Waals surface area contributed by atoms with E-state index in [4.69, 9.17) is 10.2 Å². The van der Waals surface area contributed by atoms with E-state index in [0.717, 1.165) is 11.3 Å². The number of benzene rings is 1. The number of nitrogens with two attached hydrogens (primary N) is 1. The number of guanidine groups is 1. The summed E-state index contributed by atoms with van der Waals surface area (Å²) in [6, 6.07) is 9.42. The second-order valence-electron chi connectivity index (χ2n) is 4.87. The summed E-state index contributed by atoms with van der Waals surface area (Å²) in [7, 11) is 1.33. The quantitative estimate of drug-likeness (QED) is 0.514. The third kappa shape index (κ3) is 3.88. The molecular formula is C16H19N3O3. The first-order valence-corrected chi connectivity index (χ1v) is 6.81. The Kier molecular flexibility index (Phi) is 4.83. The van der Waals surface area contributed by atoms with Crippen LogP contribution in [0.4, 0.5) is 5.69 Å². The number of rotatable bonds is 4. The molecule has 6 heteroatoms. The summed E-state index contributed by atoms with van der Waals surface area (Å²) in [5.74, 6) is 0.899. The summed E-state index contributed by atoms with van der Waals surface area (Å²) in [5.41, 5.74) is 8.24. The fourth-order valence-electron chi connectivity index (χ4n) is 2.01. The van der Waals surface area contributed by atoms with E-state index >= 15 is 0 Å². The zero-order chi connectivity index (χ0) is 16.1. The van der Waals surface area contributed by atoms with Gasteiger partial charge in [-0.15, -0.1) is 0 Å². The summed E-state index contributed by atoms with van der Waals surface area (Å²) in [5, 5.41) is 3.00. The summed E-state index contributed by atoms with van der Waals surface area (Å²) in [4.78, 5) is 15.7. The van der Waals surface area contributed by atoms with Crippen molar-refractivity contribution in [3.05, 3.63) is 53.0 Å². The SMILES string of the molecule is COC(=O)c1cc(CN=C(N)Nc2cccc(C)c2)oc1C. The average Bonchev–Trinajstić information content (AvgIpc) is 2.85. The van der Waals surface area contributed by atoms with Crippen LogP contribution in [0.15, 0.2) is 39.7 Å². The maximum atomic E-state index is 11.5. The number of hydrogen-bond acceptors (Lipinski definition) is 4. The van der Waals surface area contributed by atoms with Gasteiger partial charge in [0.15, 0.2) is 5.96 Å². The number of methoxy groups -OCH3 is 1. The van der Waals surface area contributed by atoms with Crippen molar-refractivity contribution in [1.82, 2.24) is 0 Å². The fraction of sp³-hybridized carbons (Fsp3) is 0.250. The van der Waals surface area contributed by atoms with Gasteiger partial charge in [0.1, 0.15) is 23.6 Å². The second-order valence-corrected chi connectivity index (χ2v) is 4.87. The van der Waals surface area contributed by atoms with E-state index in [1.54, 1.807) is 13.0 Å². The number of ether oxygens (including phenoxy) is 1. The fourth-order valence-corrected chi connectivity index (χ4v) is 2.01. The Balaban J connectivity index is 2.03. The monoisotopic (exact) mass is 301 g/mol. The highest BCUT2D eigenvalue weighted by Gasteiger charge is 2.14. The van der Waals surface area contributed by atoms with Crippen molar-refractivity contribution in [3.63, 3.8) is 0 Å². The molecule has 0 saturated carbocycles. The molecule has 0 saturated heterocycles. The number of aryl methyl sites for hydroxylation is 2. The molecule has 22 heavy (non-hydrogen) atoms. The lowest BCUT2D eigenvalue weighted by molar-refractivity contribution is 0.0599. The van der Waals surface area contributed by atoms with Crippen molar-refractivity contribution >= 4 is 17.6 Å². The number of nitrogens with zero attached hydrogens (tertiary/aromatic N) is 1. The first-order chi connectivity index (χ1) is 10.5. The standard InChI is InChI=1S/C16H19N3O3/c1-10-5-4-6-12(7-10)19-16(17)18-9-13-8-14(11(2)22-13)15(20)21-3/h4-8H,9H2,1-3H3,(H3,17,18,19). The molecular weight excluding hydrogens is 282 g/mol. The van der Waals surface area contributed by atoms with Crippen LogP contribution in [-0.4, -0.2) is 19.0 Å². The molecule has 3 N–H and O–H groups in total. The highest BCUT2D eigenvalue weighted by molar-refractivity contribution is 5.92. The van der Waals surface area contributed by atoms with Gasteiger partial charge < -0.3 is 20.2 Å². The predicted molar refractivity (Wildman–Crippen MR) is 84.9 cm³/mol. The molecule has 1 aromatic heterocycles. The molecule has 0 atom stereocenters. The van der Waals surface area contributed by atoms with E-state index in [1.165, 1.54) is 7.11 Å². The number of hydrogen-bond donors (Lipinski definition) is 2. The van der Waals surface area contributed by atoms with Gasteiger partial charge in [-0.05, 0) is 37.6 Å². The van der Waals surface area contributed by atoms with Gasteiger partial charge in [-0.1, -0.05) is 12.1 Å². The largest absolute Gasteiger partial charge is 0.465 e. The molecule has 0 spiro atoms. The van der Waals surface area contributed by atoms with E-state index < -0.39 is 5.97 Å². The van der Waals surface area contributed by atoms with Crippen LogP contribution in [0.25, 0.3) is 0 Å². The zero-order valence-corrected chi connectivity index (χ0v) is 12.8. The topological polar surface area (TPSA) is 89.8 Å². The Bertz CT molecular complexity index is 704. The van der Waals surface area contributed by atoms with E-state index in [2.05, 4.69) is 15.0 Å². The van der Waals surface area contributed by atoms with Crippen LogP contribution in [0.3, 0.4) is 0 Å². The summed E-state index contributed by atoms with van der Waals surface area (Å²) < 4.78 is 10.1. The Hall–Kier alpha value is -2.76. The van der Waals surface area contributed by atoms with Gasteiger partial charge in [0, 0.05) is 5.69 Å². The molecule has 6 nitrogen and oxygen atoms in total. The molecule has 1 heterocycles. The van der Waals surface area contributed by atoms with Crippen LogP contribution < -0.4 is 11.1 Å². The summed E-state index contributed by atoms with van der Waals surface area (Å²) >= 11 is 0. The molecule has 0 fully saturated rings. The van der Waals surface area contributed by atoms with Gasteiger partial charge in [-0.3, -0.25) is 0 Å². The number of carbonyl (C=O) groups excluding carboxylic acids is 1. The molecule has 0 radical (unpaired) electrons. The third-order valence-electron chi connectivity index (χ3n) is 3.07. The summed E-state index contributed by atoms with van der Waals surface area (Å²) in [6.07, 6.45) is 0. The highest BCUT2D eigenvalue weighted by atomic mass is 16.5. The van der Waals surface area contributed by atoms with Crippen molar-refractivity contribution < 1.29 is 13.9 Å². The Morgan fingerprint density at radius 1 is 1.36 bits per heavy atom. The Labute approximate surface area is 129 Å². The lowest BCUT2D eigenvalue weighted by Gasteiger charge is -2.05. The van der Waals surface area contributed by atoms with Crippen molar-refractivity contribution in [2.24, 2.45) is 10.7 Å². The van der Waals surface area contributed by atoms with Gasteiger partial charge in [0.25, 0.3) is 0 Å². The van der Waals surface area contributed by atoms with E-state index in [1.807, 2.05) is 31.2 Å². The molecule has 2 rings (SSSR count). The van der Waals surface area contributed by atoms with Gasteiger partial charge in [-0.2, -0.15) is 0 Å². The maximum absolute atomic E-state index is 11.5. The third-order valence-corrected chi connectivity index (χ3v) is 3.07. The molecule has 2 aromatic rings. The Morgan fingerprint density at radius 3 is 2.82 bits per heavy atom. The van der Waals surface area contributed by atoms with Crippen LogP contribution >= 0.6 is 0 Å². The van der Waals surface area contributed by atoms with Crippen LogP contribution in [0.1, 0.15) is 27.4 Å². The van der Waals surface area contributed by atoms with E-state index in [-0.39, 0.29) is 12.5 Å². The van der Waals surface area contributed by atoms with Gasteiger partial charge in [0.05, 0.1) is 7.11 Å². The number of esters is 1. The molecule has 116 valence electrons. The van der Waals surface area contributed by atoms with Crippen molar-refractivity contribution in [3.8, 4) is 0 Å². The van der Waals surface area contributed by atoms with Gasteiger partial charge >= 0.3 is 5.97 Å². The lowest BCUT2D eigenvalue weighted by atomic mass is 10.2. The smallest absolute Gasteiger partial charge is 0.341 e. The minimum absolute atomic E-state index is 0.239. The normalized spacial score (nSPS) is 11.3. The molecule has 0 aliphatic carbocycles. The van der Waals surface area contributed by atoms with Crippen molar-refractivity contribution in [2.45, 2.75) is 20.4 Å². The maximum Gasteiger partial charge on any atom is 0.341 e.